The molecule has 0 aromatic heterocycles. The Kier molecular flexibility index (Phi) is 10.3. The molecule has 0 amide bonds. The third-order valence-electron chi connectivity index (χ3n) is 10.2. The maximum absolute atomic E-state index is 14.8. The predicted molar refractivity (Wildman–Crippen MR) is 142 cm³/mol. The first kappa shape index (κ1) is 28.7. The van der Waals surface area contributed by atoms with Gasteiger partial charge < -0.3 is 4.74 Å². The van der Waals surface area contributed by atoms with Crippen molar-refractivity contribution in [2.75, 3.05) is 0 Å². The molecule has 1 aromatic carbocycles. The molecule has 3 fully saturated rings. The number of hydrogen-bond acceptors (Lipinski definition) is 1. The van der Waals surface area contributed by atoms with Crippen LogP contribution >= 0.6 is 0 Å². The van der Waals surface area contributed by atoms with E-state index in [1.54, 1.807) is 0 Å². The summed E-state index contributed by atoms with van der Waals surface area (Å²) in [5.41, 5.74) is 0.304. The summed E-state index contributed by atoms with van der Waals surface area (Å²) < 4.78 is 63.7. The molecule has 0 saturated heterocycles. The lowest BCUT2D eigenvalue weighted by Crippen LogP contribution is -2.29. The first-order chi connectivity index (χ1) is 17.8. The molecule has 3 aliphatic rings. The molecule has 0 radical (unpaired) electrons. The van der Waals surface area contributed by atoms with E-state index in [9.17, 15) is 17.6 Å². The predicted octanol–water partition coefficient (Wildman–Crippen LogP) is 10.8. The van der Waals surface area contributed by atoms with E-state index in [0.29, 0.717) is 17.9 Å². The Balaban J connectivity index is 1.23. The van der Waals surface area contributed by atoms with Crippen LogP contribution in [0.3, 0.4) is 0 Å². The molecule has 3 saturated carbocycles. The van der Waals surface area contributed by atoms with E-state index in [2.05, 4.69) is 13.8 Å². The van der Waals surface area contributed by atoms with E-state index in [4.69, 9.17) is 4.74 Å². The number of halogens is 4. The van der Waals surface area contributed by atoms with Gasteiger partial charge in [0.1, 0.15) is 0 Å². The van der Waals surface area contributed by atoms with Crippen molar-refractivity contribution in [2.24, 2.45) is 29.6 Å². The van der Waals surface area contributed by atoms with Crippen molar-refractivity contribution in [3.05, 3.63) is 29.3 Å². The van der Waals surface area contributed by atoms with Crippen molar-refractivity contribution in [1.82, 2.24) is 0 Å². The fourth-order valence-electron chi connectivity index (χ4n) is 7.71. The van der Waals surface area contributed by atoms with Crippen molar-refractivity contribution in [3.8, 4) is 5.75 Å². The Morgan fingerprint density at radius 1 is 0.703 bits per heavy atom. The van der Waals surface area contributed by atoms with Gasteiger partial charge in [-0.15, -0.1) is 0 Å². The maximum Gasteiger partial charge on any atom is 0.397 e. The molecule has 1 nitrogen and oxygen atoms in total. The monoisotopic (exact) mass is 524 g/mol. The second-order valence-corrected chi connectivity index (χ2v) is 12.5. The number of benzene rings is 1. The molecule has 37 heavy (non-hydrogen) atoms. The van der Waals surface area contributed by atoms with Crippen LogP contribution in [0.25, 0.3) is 0 Å². The summed E-state index contributed by atoms with van der Waals surface area (Å²) in [6.45, 7) is 4.42. The van der Waals surface area contributed by atoms with Crippen LogP contribution in [0.2, 0.25) is 0 Å². The van der Waals surface area contributed by atoms with Crippen molar-refractivity contribution in [2.45, 2.75) is 135 Å². The highest BCUT2D eigenvalue weighted by Gasteiger charge is 2.36. The fraction of sp³-hybridized carbons (Fsp3) is 0.812. The van der Waals surface area contributed by atoms with E-state index in [0.717, 1.165) is 75.5 Å². The zero-order valence-electron chi connectivity index (χ0n) is 23.1. The van der Waals surface area contributed by atoms with Gasteiger partial charge in [0.25, 0.3) is 0 Å². The van der Waals surface area contributed by atoms with Crippen LogP contribution in [-0.2, 0) is 0 Å². The van der Waals surface area contributed by atoms with Gasteiger partial charge in [0, 0.05) is 0 Å². The van der Waals surface area contributed by atoms with E-state index in [-0.39, 0.29) is 11.8 Å². The summed E-state index contributed by atoms with van der Waals surface area (Å²) in [5.74, 6) is 0.388. The first-order valence-corrected chi connectivity index (χ1v) is 15.3. The molecule has 4 rings (SSSR count). The molecular weight excluding hydrogens is 476 g/mol. The zero-order valence-corrected chi connectivity index (χ0v) is 23.1. The standard InChI is InChI=1S/C32H48F4O/c1-3-5-23-8-12-25(13-9-23)26-14-10-24(11-15-26)20-21-32(35,36)37-29-19-18-28(30(33)31(29)34)27-16-6-22(4-2)7-17-27/h18-19,22-27H,3-17,20-21H2,1-2H3. The highest BCUT2D eigenvalue weighted by atomic mass is 19.3. The molecular formula is C32H48F4O. The van der Waals surface area contributed by atoms with Gasteiger partial charge in [-0.2, -0.15) is 13.2 Å². The van der Waals surface area contributed by atoms with Crippen LogP contribution < -0.4 is 4.74 Å². The lowest BCUT2D eigenvalue weighted by atomic mass is 9.68. The van der Waals surface area contributed by atoms with E-state index < -0.39 is 29.9 Å². The number of alkyl halides is 2. The van der Waals surface area contributed by atoms with E-state index in [1.807, 2.05) is 0 Å². The van der Waals surface area contributed by atoms with Crippen LogP contribution in [-0.4, -0.2) is 6.11 Å². The summed E-state index contributed by atoms with van der Waals surface area (Å²) >= 11 is 0. The molecule has 210 valence electrons. The van der Waals surface area contributed by atoms with Gasteiger partial charge in [0.05, 0.1) is 6.42 Å². The Labute approximate surface area is 222 Å². The summed E-state index contributed by atoms with van der Waals surface area (Å²) in [4.78, 5) is 0. The molecule has 5 heteroatoms. The van der Waals surface area contributed by atoms with Gasteiger partial charge in [-0.3, -0.25) is 0 Å². The highest BCUT2D eigenvalue weighted by molar-refractivity contribution is 5.33. The lowest BCUT2D eigenvalue weighted by molar-refractivity contribution is -0.185. The SMILES string of the molecule is CCCC1CCC(C2CCC(CCC(F)(F)Oc3ccc(C4CCC(CC)CC4)c(F)c3F)CC2)CC1. The molecule has 3 aliphatic carbocycles. The van der Waals surface area contributed by atoms with Crippen LogP contribution in [0.5, 0.6) is 5.75 Å². The molecule has 0 spiro atoms. The molecule has 0 N–H and O–H groups in total. The van der Waals surface area contributed by atoms with Gasteiger partial charge in [-0.05, 0) is 105 Å². The third-order valence-corrected chi connectivity index (χ3v) is 10.2. The quantitative estimate of drug-likeness (QED) is 0.277. The second-order valence-electron chi connectivity index (χ2n) is 12.5. The minimum atomic E-state index is -3.50. The highest BCUT2D eigenvalue weighted by Crippen LogP contribution is 2.44. The average molecular weight is 525 g/mol. The number of ether oxygens (including phenoxy) is 1. The average Bonchev–Trinajstić information content (AvgIpc) is 2.91. The van der Waals surface area contributed by atoms with Crippen LogP contribution in [0.1, 0.15) is 134 Å². The van der Waals surface area contributed by atoms with Crippen LogP contribution in [0, 0.1) is 41.2 Å². The minimum absolute atomic E-state index is 0.0478. The van der Waals surface area contributed by atoms with Gasteiger partial charge >= 0.3 is 6.11 Å². The van der Waals surface area contributed by atoms with Crippen LogP contribution in [0.4, 0.5) is 17.6 Å². The largest absolute Gasteiger partial charge is 0.429 e. The molecule has 0 bridgehead atoms. The summed E-state index contributed by atoms with van der Waals surface area (Å²) in [6, 6.07) is 2.66. The van der Waals surface area contributed by atoms with Crippen molar-refractivity contribution in [3.63, 3.8) is 0 Å². The van der Waals surface area contributed by atoms with Crippen molar-refractivity contribution < 1.29 is 22.3 Å². The molecule has 0 atom stereocenters. The topological polar surface area (TPSA) is 9.23 Å². The minimum Gasteiger partial charge on any atom is -0.429 e. The number of rotatable bonds is 10. The lowest BCUT2D eigenvalue weighted by Gasteiger charge is -2.38. The summed E-state index contributed by atoms with van der Waals surface area (Å²) in [7, 11) is 0. The van der Waals surface area contributed by atoms with Gasteiger partial charge in [-0.1, -0.05) is 64.9 Å². The second kappa shape index (κ2) is 13.2. The Bertz CT molecular complexity index is 831. The van der Waals surface area contributed by atoms with Gasteiger partial charge in [0.2, 0.25) is 5.82 Å². The third kappa shape index (κ3) is 7.66. The van der Waals surface area contributed by atoms with E-state index in [1.165, 1.54) is 50.7 Å². The van der Waals surface area contributed by atoms with Crippen LogP contribution in [0.15, 0.2) is 12.1 Å². The van der Waals surface area contributed by atoms with E-state index >= 15 is 0 Å². The molecule has 0 heterocycles. The smallest absolute Gasteiger partial charge is 0.397 e. The van der Waals surface area contributed by atoms with Gasteiger partial charge in [0.15, 0.2) is 11.6 Å². The first-order valence-electron chi connectivity index (χ1n) is 15.3. The summed E-state index contributed by atoms with van der Waals surface area (Å²) in [5, 5.41) is 0. The molecule has 1 aromatic rings. The maximum atomic E-state index is 14.8. The van der Waals surface area contributed by atoms with Crippen molar-refractivity contribution >= 4 is 0 Å². The fourth-order valence-corrected chi connectivity index (χ4v) is 7.71. The number of hydrogen-bond donors (Lipinski definition) is 0. The molecule has 0 unspecified atom stereocenters. The van der Waals surface area contributed by atoms with Gasteiger partial charge in [-0.25, -0.2) is 4.39 Å². The molecule has 0 aliphatic heterocycles. The Hall–Kier alpha value is -1.26. The Morgan fingerprint density at radius 3 is 1.78 bits per heavy atom. The van der Waals surface area contributed by atoms with Crippen molar-refractivity contribution in [1.29, 1.82) is 0 Å². The summed E-state index contributed by atoms with van der Waals surface area (Å²) in [6.07, 6.45) is 13.5. The normalized spacial score (nSPS) is 31.3. The zero-order chi connectivity index (χ0) is 26.4. The Morgan fingerprint density at radius 2 is 1.24 bits per heavy atom.